The topological polar surface area (TPSA) is 43.4 Å². The van der Waals surface area contributed by atoms with Gasteiger partial charge < -0.3 is 0 Å². The molecule has 0 amide bonds. The van der Waals surface area contributed by atoms with Crippen molar-refractivity contribution in [2.75, 3.05) is 0 Å². The SMILES string of the molecule is CC1CCC(OS(=O)(=O)C(F)(F)F)CC1C. The number of hydrogen-bond acceptors (Lipinski definition) is 3. The van der Waals surface area contributed by atoms with Crippen LogP contribution >= 0.6 is 0 Å². The van der Waals surface area contributed by atoms with E-state index < -0.39 is 21.7 Å². The van der Waals surface area contributed by atoms with Crippen molar-refractivity contribution in [2.45, 2.75) is 44.7 Å². The van der Waals surface area contributed by atoms with Crippen LogP contribution in [-0.4, -0.2) is 20.0 Å². The van der Waals surface area contributed by atoms with Crippen LogP contribution in [0.25, 0.3) is 0 Å². The molecule has 1 saturated carbocycles. The fourth-order valence-electron chi connectivity index (χ4n) is 1.82. The summed E-state index contributed by atoms with van der Waals surface area (Å²) in [5.74, 6) is 0.579. The van der Waals surface area contributed by atoms with Gasteiger partial charge >= 0.3 is 15.6 Å². The van der Waals surface area contributed by atoms with Crippen LogP contribution in [0.1, 0.15) is 33.1 Å². The molecule has 16 heavy (non-hydrogen) atoms. The first kappa shape index (κ1) is 13.8. The van der Waals surface area contributed by atoms with Crippen molar-refractivity contribution in [3.05, 3.63) is 0 Å². The van der Waals surface area contributed by atoms with Crippen LogP contribution in [0.4, 0.5) is 13.2 Å². The van der Waals surface area contributed by atoms with Gasteiger partial charge in [0, 0.05) is 0 Å². The molecule has 1 fully saturated rings. The van der Waals surface area contributed by atoms with Crippen LogP contribution in [0.2, 0.25) is 0 Å². The summed E-state index contributed by atoms with van der Waals surface area (Å²) < 4.78 is 61.9. The molecule has 3 nitrogen and oxygen atoms in total. The van der Waals surface area contributed by atoms with E-state index in [9.17, 15) is 21.6 Å². The highest BCUT2D eigenvalue weighted by Gasteiger charge is 2.49. The van der Waals surface area contributed by atoms with E-state index >= 15 is 0 Å². The Kier molecular flexibility index (Phi) is 3.89. The highest BCUT2D eigenvalue weighted by Crippen LogP contribution is 2.34. The largest absolute Gasteiger partial charge is 0.523 e. The zero-order chi connectivity index (χ0) is 12.6. The minimum absolute atomic E-state index is 0.183. The number of alkyl halides is 3. The van der Waals surface area contributed by atoms with Crippen molar-refractivity contribution in [1.82, 2.24) is 0 Å². The molecule has 0 bridgehead atoms. The van der Waals surface area contributed by atoms with Gasteiger partial charge in [0.15, 0.2) is 0 Å². The summed E-state index contributed by atoms with van der Waals surface area (Å²) in [6.45, 7) is 3.89. The van der Waals surface area contributed by atoms with E-state index in [1.807, 2.05) is 13.8 Å². The van der Waals surface area contributed by atoms with E-state index in [4.69, 9.17) is 0 Å². The van der Waals surface area contributed by atoms with Crippen LogP contribution in [-0.2, 0) is 14.3 Å². The Morgan fingerprint density at radius 1 is 1.12 bits per heavy atom. The minimum Gasteiger partial charge on any atom is -0.260 e. The highest BCUT2D eigenvalue weighted by molar-refractivity contribution is 7.87. The molecule has 0 heterocycles. The van der Waals surface area contributed by atoms with Gasteiger partial charge in [-0.05, 0) is 31.1 Å². The molecule has 0 aromatic carbocycles. The summed E-state index contributed by atoms with van der Waals surface area (Å²) >= 11 is 0. The molecule has 3 atom stereocenters. The second kappa shape index (κ2) is 4.52. The van der Waals surface area contributed by atoms with Gasteiger partial charge in [0.2, 0.25) is 0 Å². The molecule has 0 saturated heterocycles. The molecule has 3 unspecified atom stereocenters. The average Bonchev–Trinajstić information content (AvgIpc) is 2.09. The molecule has 1 rings (SSSR count). The van der Waals surface area contributed by atoms with Gasteiger partial charge in [-0.1, -0.05) is 13.8 Å². The third-order valence-electron chi connectivity index (χ3n) is 3.10. The normalized spacial score (nSPS) is 32.7. The number of halogens is 3. The summed E-state index contributed by atoms with van der Waals surface area (Å²) in [6, 6.07) is 0. The van der Waals surface area contributed by atoms with Crippen molar-refractivity contribution in [3.8, 4) is 0 Å². The first-order valence-electron chi connectivity index (χ1n) is 5.13. The van der Waals surface area contributed by atoms with Gasteiger partial charge in [-0.25, -0.2) is 0 Å². The third-order valence-corrected chi connectivity index (χ3v) is 4.19. The van der Waals surface area contributed by atoms with E-state index in [1.54, 1.807) is 0 Å². The standard InChI is InChI=1S/C9H15F3O3S/c1-6-3-4-8(5-7(6)2)15-16(13,14)9(10,11)12/h6-8H,3-5H2,1-2H3. The van der Waals surface area contributed by atoms with Crippen LogP contribution in [0.5, 0.6) is 0 Å². The van der Waals surface area contributed by atoms with Gasteiger partial charge in [-0.15, -0.1) is 0 Å². The van der Waals surface area contributed by atoms with Crippen molar-refractivity contribution >= 4 is 10.1 Å². The van der Waals surface area contributed by atoms with Gasteiger partial charge in [-0.2, -0.15) is 21.6 Å². The van der Waals surface area contributed by atoms with Crippen LogP contribution in [0.15, 0.2) is 0 Å². The lowest BCUT2D eigenvalue weighted by atomic mass is 9.80. The zero-order valence-electron chi connectivity index (χ0n) is 9.12. The van der Waals surface area contributed by atoms with Crippen LogP contribution < -0.4 is 0 Å². The summed E-state index contributed by atoms with van der Waals surface area (Å²) in [4.78, 5) is 0. The Labute approximate surface area is 93.1 Å². The molecule has 0 spiro atoms. The van der Waals surface area contributed by atoms with Crippen molar-refractivity contribution in [2.24, 2.45) is 11.8 Å². The molecule has 0 N–H and O–H groups in total. The first-order valence-corrected chi connectivity index (χ1v) is 6.54. The van der Waals surface area contributed by atoms with Gasteiger partial charge in [0.1, 0.15) is 0 Å². The lowest BCUT2D eigenvalue weighted by Gasteiger charge is -2.31. The minimum atomic E-state index is -5.44. The van der Waals surface area contributed by atoms with Crippen molar-refractivity contribution in [1.29, 1.82) is 0 Å². The Morgan fingerprint density at radius 2 is 1.69 bits per heavy atom. The monoisotopic (exact) mass is 260 g/mol. The molecule has 7 heteroatoms. The molecule has 96 valence electrons. The Bertz CT molecular complexity index is 336. The summed E-state index contributed by atoms with van der Waals surface area (Å²) in [5.41, 5.74) is -5.32. The first-order chi connectivity index (χ1) is 7.13. The molecular weight excluding hydrogens is 245 g/mol. The maximum atomic E-state index is 12.0. The maximum Gasteiger partial charge on any atom is 0.523 e. The second-order valence-electron chi connectivity index (χ2n) is 4.39. The summed E-state index contributed by atoms with van der Waals surface area (Å²) in [7, 11) is -5.44. The Balaban J connectivity index is 2.63. The number of hydrogen-bond donors (Lipinski definition) is 0. The lowest BCUT2D eigenvalue weighted by Crippen LogP contribution is -2.34. The van der Waals surface area contributed by atoms with Gasteiger partial charge in [0.05, 0.1) is 6.10 Å². The summed E-state index contributed by atoms with van der Waals surface area (Å²) in [5, 5.41) is 0. The van der Waals surface area contributed by atoms with Gasteiger partial charge in [0.25, 0.3) is 0 Å². The zero-order valence-corrected chi connectivity index (χ0v) is 9.94. The molecule has 0 aromatic rings. The molecule has 0 radical (unpaired) electrons. The maximum absolute atomic E-state index is 12.0. The quantitative estimate of drug-likeness (QED) is 0.566. The predicted molar refractivity (Wildman–Crippen MR) is 52.0 cm³/mol. The lowest BCUT2D eigenvalue weighted by molar-refractivity contribution is -0.0598. The van der Waals surface area contributed by atoms with Crippen LogP contribution in [0.3, 0.4) is 0 Å². The van der Waals surface area contributed by atoms with E-state index in [0.29, 0.717) is 25.2 Å². The predicted octanol–water partition coefficient (Wildman–Crippen LogP) is 2.68. The fraction of sp³-hybridized carbons (Fsp3) is 1.00. The smallest absolute Gasteiger partial charge is 0.260 e. The Morgan fingerprint density at radius 3 is 2.12 bits per heavy atom. The average molecular weight is 260 g/mol. The third kappa shape index (κ3) is 3.10. The van der Waals surface area contributed by atoms with Crippen molar-refractivity contribution < 1.29 is 25.8 Å². The summed E-state index contributed by atoms with van der Waals surface area (Å²) in [6.07, 6.45) is 0.578. The van der Waals surface area contributed by atoms with E-state index in [2.05, 4.69) is 4.18 Å². The number of rotatable bonds is 2. The molecule has 1 aliphatic rings. The van der Waals surface area contributed by atoms with Crippen molar-refractivity contribution in [3.63, 3.8) is 0 Å². The van der Waals surface area contributed by atoms with E-state index in [-0.39, 0.29) is 5.92 Å². The fourth-order valence-corrected chi connectivity index (χ4v) is 2.46. The van der Waals surface area contributed by atoms with E-state index in [0.717, 1.165) is 0 Å². The molecular formula is C9H15F3O3S. The molecule has 1 aliphatic carbocycles. The van der Waals surface area contributed by atoms with E-state index in [1.165, 1.54) is 0 Å². The Hall–Kier alpha value is -0.300. The molecule has 0 aliphatic heterocycles. The second-order valence-corrected chi connectivity index (χ2v) is 5.95. The highest BCUT2D eigenvalue weighted by atomic mass is 32.2. The van der Waals surface area contributed by atoms with Crippen LogP contribution in [0, 0.1) is 11.8 Å². The molecule has 0 aromatic heterocycles. The van der Waals surface area contributed by atoms with Gasteiger partial charge in [-0.3, -0.25) is 4.18 Å².